The van der Waals surface area contributed by atoms with Gasteiger partial charge in [-0.25, -0.2) is 0 Å². The minimum atomic E-state index is -0.827. The molecule has 41 heavy (non-hydrogen) atoms. The molecule has 0 fully saturated rings. The van der Waals surface area contributed by atoms with Crippen LogP contribution in [0.25, 0.3) is 22.7 Å². The predicted molar refractivity (Wildman–Crippen MR) is 160 cm³/mol. The molecule has 4 aromatic carbocycles. The van der Waals surface area contributed by atoms with Gasteiger partial charge < -0.3 is 24.8 Å². The molecule has 200 valence electrons. The fourth-order valence-corrected chi connectivity index (χ4v) is 10.9. The van der Waals surface area contributed by atoms with Crippen LogP contribution in [0.4, 0.5) is 17.1 Å². The third-order valence-corrected chi connectivity index (χ3v) is 13.5. The second-order valence-electron chi connectivity index (χ2n) is 10.4. The van der Waals surface area contributed by atoms with Crippen LogP contribution < -0.4 is 29.7 Å². The number of fused-ring (bicyclic) bond motifs is 4. The van der Waals surface area contributed by atoms with Crippen molar-refractivity contribution in [1.29, 1.82) is 0 Å². The Hall–Kier alpha value is -2.75. The van der Waals surface area contributed by atoms with Gasteiger partial charge in [-0.2, -0.15) is 0 Å². The van der Waals surface area contributed by atoms with Gasteiger partial charge >= 0.3 is 246 Å². The number of para-hydroxylation sites is 3. The van der Waals surface area contributed by atoms with Gasteiger partial charge in [-0.1, -0.05) is 0 Å². The Kier molecular flexibility index (Phi) is 7.96. The molecule has 0 amide bonds. The van der Waals surface area contributed by atoms with Gasteiger partial charge in [0, 0.05) is 0 Å². The Labute approximate surface area is 269 Å². The van der Waals surface area contributed by atoms with Crippen molar-refractivity contribution in [3.8, 4) is 5.69 Å². The average molecular weight is 669 g/mol. The van der Waals surface area contributed by atoms with Crippen molar-refractivity contribution in [3.05, 3.63) is 135 Å². The first-order valence-electron chi connectivity index (χ1n) is 13.5. The van der Waals surface area contributed by atoms with E-state index in [2.05, 4.69) is 138 Å². The van der Waals surface area contributed by atoms with E-state index in [-0.39, 0.29) is 24.8 Å². The van der Waals surface area contributed by atoms with Crippen LogP contribution >= 0.6 is 11.8 Å². The van der Waals surface area contributed by atoms with Gasteiger partial charge in [0.1, 0.15) is 0 Å². The van der Waals surface area contributed by atoms with Crippen LogP contribution in [-0.4, -0.2) is 4.57 Å². The Bertz CT molecular complexity index is 1840. The molecule has 8 rings (SSSR count). The molecule has 2 heterocycles. The summed E-state index contributed by atoms with van der Waals surface area (Å²) in [7, 11) is 0. The molecule has 2 nitrogen and oxygen atoms in total. The van der Waals surface area contributed by atoms with Crippen molar-refractivity contribution in [2.45, 2.75) is 26.8 Å². The maximum atomic E-state index is 2.52. The summed E-state index contributed by atoms with van der Waals surface area (Å²) in [5.74, 6) is 0. The van der Waals surface area contributed by atoms with Crippen molar-refractivity contribution >= 4 is 45.8 Å². The number of anilines is 3. The zero-order chi connectivity index (χ0) is 25.9. The molecule has 1 atom stereocenters. The van der Waals surface area contributed by atoms with Crippen molar-refractivity contribution in [2.75, 3.05) is 4.90 Å². The normalized spacial score (nSPS) is 16.1. The number of benzene rings is 4. The van der Waals surface area contributed by atoms with Gasteiger partial charge in [0.25, 0.3) is 0 Å². The van der Waals surface area contributed by atoms with Gasteiger partial charge in [0.15, 0.2) is 0 Å². The summed E-state index contributed by atoms with van der Waals surface area (Å²) in [6.07, 6.45) is 12.8. The van der Waals surface area contributed by atoms with E-state index in [1.807, 2.05) is 11.8 Å². The quantitative estimate of drug-likeness (QED) is 0.281. The Morgan fingerprint density at radius 1 is 0.805 bits per heavy atom. The van der Waals surface area contributed by atoms with E-state index in [4.69, 9.17) is 0 Å². The fraction of sp³-hybridized carbons (Fsp3) is 0.0857. The van der Waals surface area contributed by atoms with Crippen molar-refractivity contribution < 1.29 is 48.0 Å². The van der Waals surface area contributed by atoms with E-state index < -0.39 is 23.2 Å². The van der Waals surface area contributed by atoms with Crippen molar-refractivity contribution in [2.24, 2.45) is 0 Å². The van der Waals surface area contributed by atoms with Gasteiger partial charge in [0.2, 0.25) is 0 Å². The number of rotatable bonds is 4. The van der Waals surface area contributed by atoms with Crippen LogP contribution in [0.15, 0.2) is 134 Å². The molecule has 2 aliphatic carbocycles. The Morgan fingerprint density at radius 2 is 1.51 bits per heavy atom. The van der Waals surface area contributed by atoms with E-state index in [0.717, 1.165) is 6.42 Å². The predicted octanol–water partition coefficient (Wildman–Crippen LogP) is 3.96. The largest absolute Gasteiger partial charge is 1.00 e. The first-order valence-corrected chi connectivity index (χ1v) is 16.9. The van der Waals surface area contributed by atoms with Gasteiger partial charge in [-0.05, 0) is 0 Å². The van der Waals surface area contributed by atoms with Gasteiger partial charge in [-0.15, -0.1) is 0 Å². The zero-order valence-electron chi connectivity index (χ0n) is 22.4. The van der Waals surface area contributed by atoms with Crippen LogP contribution in [0.2, 0.25) is 0 Å². The first-order chi connectivity index (χ1) is 19.2. The van der Waals surface area contributed by atoms with Crippen LogP contribution in [0.5, 0.6) is 0 Å². The molecule has 1 aliphatic heterocycles. The second kappa shape index (κ2) is 11.5. The minimum Gasteiger partial charge on any atom is -1.00 e. The van der Waals surface area contributed by atoms with E-state index >= 15 is 0 Å². The number of aromatic nitrogens is 1. The van der Waals surface area contributed by atoms with E-state index in [0.29, 0.717) is 3.63 Å². The van der Waals surface area contributed by atoms with Crippen LogP contribution in [0.1, 0.15) is 28.1 Å². The van der Waals surface area contributed by atoms with Crippen LogP contribution in [0, 0.1) is 0 Å². The SMILES string of the molecule is CC1=Cc2c(cc(-n3ccc4ccccc43)cc2N2c3ccccc3Sc3ccccc32)[CH]1[Zr+2][C]1=CC=CC1.[Cl-].[Cl-]. The molecule has 0 saturated carbocycles. The molecule has 1 unspecified atom stereocenters. The van der Waals surface area contributed by atoms with Crippen molar-refractivity contribution in [1.82, 2.24) is 4.57 Å². The summed E-state index contributed by atoms with van der Waals surface area (Å²) in [6, 6.07) is 33.6. The van der Waals surface area contributed by atoms with Gasteiger partial charge in [-0.3, -0.25) is 0 Å². The Morgan fingerprint density at radius 3 is 2.24 bits per heavy atom. The Balaban J connectivity index is 0.00000151. The summed E-state index contributed by atoms with van der Waals surface area (Å²) >= 11 is 1.04. The summed E-state index contributed by atoms with van der Waals surface area (Å²) < 4.78 is 4.62. The van der Waals surface area contributed by atoms with Gasteiger partial charge in [0.05, 0.1) is 0 Å². The maximum absolute atomic E-state index is 2.52. The molecular formula is C35H26Cl2N2SZr. The maximum Gasteiger partial charge on any atom is -1.00 e. The summed E-state index contributed by atoms with van der Waals surface area (Å²) in [5.41, 5.74) is 10.7. The molecule has 0 radical (unpaired) electrons. The number of hydrogen-bond acceptors (Lipinski definition) is 2. The molecule has 0 spiro atoms. The zero-order valence-corrected chi connectivity index (χ0v) is 27.2. The number of nitrogens with zero attached hydrogens (tertiary/aromatic N) is 2. The molecular weight excluding hydrogens is 643 g/mol. The summed E-state index contributed by atoms with van der Waals surface area (Å²) in [4.78, 5) is 5.12. The number of hydrogen-bond donors (Lipinski definition) is 0. The molecule has 0 N–H and O–H groups in total. The van der Waals surface area contributed by atoms with Crippen LogP contribution in [0.3, 0.4) is 0 Å². The minimum absolute atomic E-state index is 0. The monoisotopic (exact) mass is 666 g/mol. The number of allylic oxidation sites excluding steroid dienone is 5. The fourth-order valence-electron chi connectivity index (χ4n) is 6.12. The molecule has 0 saturated heterocycles. The third-order valence-electron chi connectivity index (χ3n) is 7.97. The molecule has 1 aromatic heterocycles. The summed E-state index contributed by atoms with van der Waals surface area (Å²) in [5, 5.41) is 1.27. The molecule has 3 aliphatic rings. The topological polar surface area (TPSA) is 8.17 Å². The smallest absolute Gasteiger partial charge is 1.00 e. The standard InChI is InChI=1S/C30H21N2S.C5H5.2ClH.Zr/c1-20-16-22-18-23(31-15-14-21-8-2-3-9-25(21)31)19-28(24(22)17-20)32-26-10-4-6-12-29(26)33-30-13-7-5-11-27(30)32;1-2-4-5-3-1;;;/h2-19H,1H3;1-3H,4H2;2*1H;/q;;;;+2/p-2. The second-order valence-corrected chi connectivity index (χ2v) is 15.2. The molecule has 5 aromatic rings. The summed E-state index contributed by atoms with van der Waals surface area (Å²) in [6.45, 7) is 2.36. The first kappa shape index (κ1) is 28.4. The van der Waals surface area contributed by atoms with Crippen LogP contribution in [-0.2, 0) is 23.2 Å². The molecule has 0 bridgehead atoms. The number of halogens is 2. The third kappa shape index (κ3) is 4.80. The molecule has 6 heteroatoms. The average Bonchev–Trinajstić information content (AvgIpc) is 3.71. The van der Waals surface area contributed by atoms with E-state index in [1.54, 1.807) is 3.28 Å². The van der Waals surface area contributed by atoms with E-state index in [9.17, 15) is 0 Å². The van der Waals surface area contributed by atoms with E-state index in [1.165, 1.54) is 60.1 Å². The van der Waals surface area contributed by atoms with Crippen molar-refractivity contribution in [3.63, 3.8) is 0 Å².